The van der Waals surface area contributed by atoms with Crippen LogP contribution in [0.4, 0.5) is 0 Å². The van der Waals surface area contributed by atoms with Crippen LogP contribution in [-0.4, -0.2) is 17.6 Å². The molecule has 0 saturated carbocycles. The fraction of sp³-hybridized carbons (Fsp3) is 0.467. The minimum Gasteiger partial charge on any atom is -0.290 e. The van der Waals surface area contributed by atoms with Crippen molar-refractivity contribution < 1.29 is 4.84 Å². The minimum atomic E-state index is 0.184. The van der Waals surface area contributed by atoms with Gasteiger partial charge in [-0.2, -0.15) is 5.06 Å². The molecular weight excluding hydrogens is 210 g/mol. The average Bonchev–Trinajstić information content (AvgIpc) is 2.76. The Balaban J connectivity index is 2.03. The fourth-order valence-electron chi connectivity index (χ4n) is 2.14. The van der Waals surface area contributed by atoms with Crippen LogP contribution in [-0.2, 0) is 4.84 Å². The molecule has 0 radical (unpaired) electrons. The van der Waals surface area contributed by atoms with Gasteiger partial charge in [-0.25, -0.2) is 0 Å². The van der Waals surface area contributed by atoms with E-state index in [1.807, 2.05) is 6.07 Å². The first-order chi connectivity index (χ1) is 8.31. The van der Waals surface area contributed by atoms with Crippen LogP contribution in [0.25, 0.3) is 0 Å². The maximum absolute atomic E-state index is 6.12. The van der Waals surface area contributed by atoms with Gasteiger partial charge in [-0.05, 0) is 18.9 Å². The molecule has 1 aromatic carbocycles. The van der Waals surface area contributed by atoms with Crippen molar-refractivity contribution in [1.82, 2.24) is 5.06 Å². The van der Waals surface area contributed by atoms with Gasteiger partial charge in [-0.3, -0.25) is 4.84 Å². The molecule has 2 rings (SSSR count). The monoisotopic (exact) mass is 231 g/mol. The first-order valence-corrected chi connectivity index (χ1v) is 6.46. The Morgan fingerprint density at radius 1 is 1.35 bits per heavy atom. The smallest absolute Gasteiger partial charge is 0.104 e. The molecule has 0 spiro atoms. The van der Waals surface area contributed by atoms with E-state index in [0.29, 0.717) is 6.04 Å². The zero-order chi connectivity index (χ0) is 12.1. The van der Waals surface area contributed by atoms with Crippen LogP contribution < -0.4 is 0 Å². The van der Waals surface area contributed by atoms with Crippen molar-refractivity contribution >= 4 is 0 Å². The topological polar surface area (TPSA) is 12.5 Å². The lowest BCUT2D eigenvalue weighted by molar-refractivity contribution is -0.203. The van der Waals surface area contributed by atoms with E-state index in [9.17, 15) is 0 Å². The van der Waals surface area contributed by atoms with Gasteiger partial charge >= 0.3 is 0 Å². The van der Waals surface area contributed by atoms with Crippen molar-refractivity contribution in [3.05, 3.63) is 48.0 Å². The van der Waals surface area contributed by atoms with Crippen molar-refractivity contribution in [3.8, 4) is 0 Å². The Morgan fingerprint density at radius 3 is 2.71 bits per heavy atom. The SMILES string of the molecule is CCCC(ON1CC=C[C@H]1C)c1ccccc1. The lowest BCUT2D eigenvalue weighted by atomic mass is 10.1. The van der Waals surface area contributed by atoms with Crippen molar-refractivity contribution in [2.24, 2.45) is 0 Å². The van der Waals surface area contributed by atoms with Crippen LogP contribution in [0.15, 0.2) is 42.5 Å². The van der Waals surface area contributed by atoms with E-state index in [1.165, 1.54) is 5.56 Å². The third-order valence-corrected chi connectivity index (χ3v) is 3.14. The van der Waals surface area contributed by atoms with E-state index in [0.717, 1.165) is 19.4 Å². The largest absolute Gasteiger partial charge is 0.290 e. The van der Waals surface area contributed by atoms with Gasteiger partial charge in [0.05, 0.1) is 6.04 Å². The van der Waals surface area contributed by atoms with Crippen molar-refractivity contribution in [2.75, 3.05) is 6.54 Å². The van der Waals surface area contributed by atoms with Crippen LogP contribution >= 0.6 is 0 Å². The van der Waals surface area contributed by atoms with E-state index in [4.69, 9.17) is 4.84 Å². The van der Waals surface area contributed by atoms with E-state index in [-0.39, 0.29) is 6.10 Å². The summed E-state index contributed by atoms with van der Waals surface area (Å²) < 4.78 is 0. The fourth-order valence-corrected chi connectivity index (χ4v) is 2.14. The van der Waals surface area contributed by atoms with Gasteiger partial charge in [0.25, 0.3) is 0 Å². The highest BCUT2D eigenvalue weighted by Crippen LogP contribution is 2.26. The Bertz CT molecular complexity index is 360. The van der Waals surface area contributed by atoms with Crippen molar-refractivity contribution in [2.45, 2.75) is 38.8 Å². The van der Waals surface area contributed by atoms with Gasteiger partial charge in [0.2, 0.25) is 0 Å². The summed E-state index contributed by atoms with van der Waals surface area (Å²) >= 11 is 0. The maximum Gasteiger partial charge on any atom is 0.104 e. The second kappa shape index (κ2) is 5.99. The third-order valence-electron chi connectivity index (χ3n) is 3.14. The zero-order valence-corrected chi connectivity index (χ0v) is 10.7. The van der Waals surface area contributed by atoms with Gasteiger partial charge < -0.3 is 0 Å². The molecule has 1 aliphatic heterocycles. The summed E-state index contributed by atoms with van der Waals surface area (Å²) in [5.41, 5.74) is 1.27. The lowest BCUT2D eigenvalue weighted by Gasteiger charge is -2.27. The number of rotatable bonds is 5. The van der Waals surface area contributed by atoms with E-state index in [1.54, 1.807) is 0 Å². The first kappa shape index (κ1) is 12.3. The van der Waals surface area contributed by atoms with Gasteiger partial charge in [-0.15, -0.1) is 0 Å². The molecule has 1 aliphatic rings. The Hall–Kier alpha value is -1.12. The van der Waals surface area contributed by atoms with Gasteiger partial charge in [-0.1, -0.05) is 55.8 Å². The summed E-state index contributed by atoms with van der Waals surface area (Å²) in [5, 5.41) is 2.06. The predicted molar refractivity (Wildman–Crippen MR) is 70.5 cm³/mol. The standard InChI is InChI=1S/C15H21NO/c1-3-8-15(14-10-5-4-6-11-14)17-16-12-7-9-13(16)2/h4-7,9-11,13,15H,3,8,12H2,1-2H3/t13-,15?/m1/s1. The normalized spacial score (nSPS) is 21.9. The van der Waals surface area contributed by atoms with E-state index in [2.05, 4.69) is 55.3 Å². The number of hydroxylamine groups is 2. The summed E-state index contributed by atoms with van der Waals surface area (Å²) in [4.78, 5) is 6.12. The van der Waals surface area contributed by atoms with Crippen LogP contribution in [0.1, 0.15) is 38.4 Å². The van der Waals surface area contributed by atoms with Gasteiger partial charge in [0.1, 0.15) is 6.10 Å². The molecule has 0 N–H and O–H groups in total. The van der Waals surface area contributed by atoms with Crippen LogP contribution in [0.5, 0.6) is 0 Å². The Morgan fingerprint density at radius 2 is 2.12 bits per heavy atom. The highest BCUT2D eigenvalue weighted by atomic mass is 16.7. The molecular formula is C15H21NO. The first-order valence-electron chi connectivity index (χ1n) is 6.46. The highest BCUT2D eigenvalue weighted by molar-refractivity contribution is 5.17. The van der Waals surface area contributed by atoms with E-state index < -0.39 is 0 Å². The highest BCUT2D eigenvalue weighted by Gasteiger charge is 2.21. The molecule has 0 saturated heterocycles. The second-order valence-corrected chi connectivity index (χ2v) is 4.56. The lowest BCUT2D eigenvalue weighted by Crippen LogP contribution is -2.29. The molecule has 0 bridgehead atoms. The molecule has 17 heavy (non-hydrogen) atoms. The maximum atomic E-state index is 6.12. The Labute approximate surface area is 104 Å². The summed E-state index contributed by atoms with van der Waals surface area (Å²) in [6.07, 6.45) is 6.73. The molecule has 0 aliphatic carbocycles. The molecule has 2 nitrogen and oxygen atoms in total. The Kier molecular flexibility index (Phi) is 4.35. The number of nitrogens with zero attached hydrogens (tertiary/aromatic N) is 1. The molecule has 92 valence electrons. The van der Waals surface area contributed by atoms with Crippen LogP contribution in [0, 0.1) is 0 Å². The van der Waals surface area contributed by atoms with Crippen molar-refractivity contribution in [1.29, 1.82) is 0 Å². The number of hydrogen-bond donors (Lipinski definition) is 0. The summed E-state index contributed by atoms with van der Waals surface area (Å²) in [6, 6.07) is 10.9. The average molecular weight is 231 g/mol. The van der Waals surface area contributed by atoms with Crippen LogP contribution in [0.3, 0.4) is 0 Å². The molecule has 2 heteroatoms. The molecule has 1 aromatic rings. The molecule has 1 unspecified atom stereocenters. The molecule has 0 amide bonds. The van der Waals surface area contributed by atoms with Crippen molar-refractivity contribution in [3.63, 3.8) is 0 Å². The molecule has 0 aromatic heterocycles. The number of benzene rings is 1. The number of hydrogen-bond acceptors (Lipinski definition) is 2. The van der Waals surface area contributed by atoms with Crippen LogP contribution in [0.2, 0.25) is 0 Å². The quantitative estimate of drug-likeness (QED) is 0.716. The summed E-state index contributed by atoms with van der Waals surface area (Å²) in [5.74, 6) is 0. The predicted octanol–water partition coefficient (Wildman–Crippen LogP) is 3.72. The second-order valence-electron chi connectivity index (χ2n) is 4.56. The minimum absolute atomic E-state index is 0.184. The summed E-state index contributed by atoms with van der Waals surface area (Å²) in [6.45, 7) is 5.26. The molecule has 1 heterocycles. The van der Waals surface area contributed by atoms with Gasteiger partial charge in [0, 0.05) is 6.54 Å². The zero-order valence-electron chi connectivity index (χ0n) is 10.7. The van der Waals surface area contributed by atoms with Gasteiger partial charge in [0.15, 0.2) is 0 Å². The third kappa shape index (κ3) is 3.18. The molecule has 2 atom stereocenters. The summed E-state index contributed by atoms with van der Waals surface area (Å²) in [7, 11) is 0. The molecule has 0 fully saturated rings. The van der Waals surface area contributed by atoms with E-state index >= 15 is 0 Å².